The van der Waals surface area contributed by atoms with E-state index in [4.69, 9.17) is 0 Å². The summed E-state index contributed by atoms with van der Waals surface area (Å²) in [6.45, 7) is 8.85. The molecule has 0 unspecified atom stereocenters. The largest absolute Gasteiger partial charge is 0.507 e. The number of hydrogen-bond acceptors (Lipinski definition) is 2. The van der Waals surface area contributed by atoms with E-state index < -0.39 is 0 Å². The van der Waals surface area contributed by atoms with Crippen LogP contribution in [-0.2, 0) is 38.5 Å². The summed E-state index contributed by atoms with van der Waals surface area (Å²) < 4.78 is 0. The molecular weight excluding hydrogens is 392 g/mol. The highest BCUT2D eigenvalue weighted by Crippen LogP contribution is 2.32. The number of hydrogen-bond donors (Lipinski definition) is 2. The Labute approximate surface area is 197 Å². The number of phenolic OH excluding ortho intramolecular Hbond substituents is 2. The minimum absolute atomic E-state index is 0.478. The molecule has 0 aliphatic rings. The molecule has 0 saturated carbocycles. The molecule has 2 nitrogen and oxygen atoms in total. The van der Waals surface area contributed by atoms with Gasteiger partial charge in [-0.25, -0.2) is 0 Å². The van der Waals surface area contributed by atoms with Crippen molar-refractivity contribution in [2.75, 3.05) is 0 Å². The predicted molar refractivity (Wildman–Crippen MR) is 138 cm³/mol. The summed E-state index contributed by atoms with van der Waals surface area (Å²) in [5.41, 5.74) is 6.96. The van der Waals surface area contributed by atoms with E-state index in [1.807, 2.05) is 0 Å². The Kier molecular flexibility index (Phi) is 11.7. The summed E-state index contributed by atoms with van der Waals surface area (Å²) in [4.78, 5) is 0. The zero-order valence-electron chi connectivity index (χ0n) is 21.1. The topological polar surface area (TPSA) is 40.5 Å². The molecule has 0 aliphatic carbocycles. The van der Waals surface area contributed by atoms with Crippen molar-refractivity contribution in [3.63, 3.8) is 0 Å². The van der Waals surface area contributed by atoms with Gasteiger partial charge in [0.2, 0.25) is 0 Å². The molecule has 0 spiro atoms. The number of unbranched alkanes of at least 4 members (excludes halogenated alkanes) is 4. The highest BCUT2D eigenvalue weighted by atomic mass is 16.3. The first-order valence-electron chi connectivity index (χ1n) is 13.2. The van der Waals surface area contributed by atoms with Gasteiger partial charge >= 0.3 is 0 Å². The zero-order chi connectivity index (χ0) is 23.3. The third-order valence-corrected chi connectivity index (χ3v) is 6.56. The van der Waals surface area contributed by atoms with Gasteiger partial charge in [-0.15, -0.1) is 0 Å². The molecular formula is C30H46O2. The molecule has 0 fully saturated rings. The number of aryl methyl sites for hydroxylation is 6. The molecule has 2 aromatic rings. The molecule has 32 heavy (non-hydrogen) atoms. The predicted octanol–water partition coefficient (Wildman–Crippen LogP) is 8.25. The zero-order valence-corrected chi connectivity index (χ0v) is 21.1. The third kappa shape index (κ3) is 7.87. The van der Waals surface area contributed by atoms with Crippen LogP contribution in [-0.4, -0.2) is 10.2 Å². The van der Waals surface area contributed by atoms with Crippen LogP contribution in [0.15, 0.2) is 24.3 Å². The number of aromatic hydroxyl groups is 2. The van der Waals surface area contributed by atoms with E-state index in [0.29, 0.717) is 11.5 Å². The van der Waals surface area contributed by atoms with Crippen LogP contribution in [0.3, 0.4) is 0 Å². The monoisotopic (exact) mass is 438 g/mol. The summed E-state index contributed by atoms with van der Waals surface area (Å²) in [6.07, 6.45) is 14.7. The van der Waals surface area contributed by atoms with E-state index in [-0.39, 0.29) is 0 Å². The highest BCUT2D eigenvalue weighted by molar-refractivity contribution is 5.47. The first-order chi connectivity index (χ1) is 15.5. The Morgan fingerprint density at radius 1 is 0.438 bits per heavy atom. The Morgan fingerprint density at radius 2 is 0.719 bits per heavy atom. The molecule has 0 saturated heterocycles. The fraction of sp³-hybridized carbons (Fsp3) is 0.600. The maximum absolute atomic E-state index is 11.0. The lowest BCUT2D eigenvalue weighted by Crippen LogP contribution is -2.01. The van der Waals surface area contributed by atoms with Crippen molar-refractivity contribution in [3.05, 3.63) is 57.6 Å². The molecule has 178 valence electrons. The quantitative estimate of drug-likeness (QED) is 0.294. The van der Waals surface area contributed by atoms with E-state index in [0.717, 1.165) is 86.5 Å². The third-order valence-electron chi connectivity index (χ3n) is 6.56. The van der Waals surface area contributed by atoms with Gasteiger partial charge in [-0.05, 0) is 97.6 Å². The smallest absolute Gasteiger partial charge is 0.121 e. The number of phenols is 2. The molecule has 0 bridgehead atoms. The highest BCUT2D eigenvalue weighted by Gasteiger charge is 2.14. The summed E-state index contributed by atoms with van der Waals surface area (Å²) >= 11 is 0. The normalized spacial score (nSPS) is 11.2. The van der Waals surface area contributed by atoms with Gasteiger partial charge in [0.1, 0.15) is 11.5 Å². The van der Waals surface area contributed by atoms with E-state index >= 15 is 0 Å². The summed E-state index contributed by atoms with van der Waals surface area (Å²) in [5, 5.41) is 22.0. The molecule has 0 heterocycles. The van der Waals surface area contributed by atoms with Crippen LogP contribution >= 0.6 is 0 Å². The van der Waals surface area contributed by atoms with Crippen LogP contribution in [0.2, 0.25) is 0 Å². The van der Waals surface area contributed by atoms with Gasteiger partial charge in [0.15, 0.2) is 0 Å². The van der Waals surface area contributed by atoms with Crippen molar-refractivity contribution in [2.24, 2.45) is 0 Å². The minimum Gasteiger partial charge on any atom is -0.507 e. The molecule has 2 aromatic carbocycles. The molecule has 0 amide bonds. The summed E-state index contributed by atoms with van der Waals surface area (Å²) in [5.74, 6) is 0.957. The second-order valence-electron chi connectivity index (χ2n) is 9.44. The number of rotatable bonds is 15. The van der Waals surface area contributed by atoms with Gasteiger partial charge in [-0.3, -0.25) is 0 Å². The molecule has 2 N–H and O–H groups in total. The minimum atomic E-state index is 0.478. The van der Waals surface area contributed by atoms with Gasteiger partial charge in [0.25, 0.3) is 0 Å². The summed E-state index contributed by atoms with van der Waals surface area (Å²) in [7, 11) is 0. The van der Waals surface area contributed by atoms with Crippen molar-refractivity contribution in [2.45, 2.75) is 118 Å². The van der Waals surface area contributed by atoms with Gasteiger partial charge < -0.3 is 10.2 Å². The molecule has 0 atom stereocenters. The first-order valence-corrected chi connectivity index (χ1v) is 13.2. The first kappa shape index (κ1) is 26.3. The second kappa shape index (κ2) is 14.2. The average molecular weight is 439 g/mol. The lowest BCUT2D eigenvalue weighted by molar-refractivity contribution is 0.453. The Morgan fingerprint density at radius 3 is 1.03 bits per heavy atom. The Hall–Kier alpha value is -1.96. The van der Waals surface area contributed by atoms with Crippen molar-refractivity contribution in [3.8, 4) is 11.5 Å². The Bertz CT molecular complexity index is 753. The van der Waals surface area contributed by atoms with Gasteiger partial charge in [0, 0.05) is 0 Å². The van der Waals surface area contributed by atoms with E-state index in [2.05, 4.69) is 52.0 Å². The van der Waals surface area contributed by atoms with Crippen LogP contribution in [0.25, 0.3) is 0 Å². The van der Waals surface area contributed by atoms with E-state index in [9.17, 15) is 10.2 Å². The summed E-state index contributed by atoms with van der Waals surface area (Å²) in [6, 6.07) is 8.85. The second-order valence-corrected chi connectivity index (χ2v) is 9.44. The molecule has 2 heteroatoms. The molecule has 2 rings (SSSR count). The van der Waals surface area contributed by atoms with Crippen LogP contribution < -0.4 is 0 Å². The maximum atomic E-state index is 11.0. The van der Waals surface area contributed by atoms with Gasteiger partial charge in [0.05, 0.1) is 0 Å². The van der Waals surface area contributed by atoms with Crippen LogP contribution in [0.5, 0.6) is 11.5 Å². The van der Waals surface area contributed by atoms with E-state index in [1.165, 1.54) is 36.8 Å². The van der Waals surface area contributed by atoms with Crippen LogP contribution in [0.1, 0.15) is 112 Å². The SMILES string of the molecule is CCCCc1cc(CCCC)c(O)c(CCc2cc(CCCC)cc(CCCC)c2O)c1. The fourth-order valence-electron chi connectivity index (χ4n) is 4.48. The fourth-order valence-corrected chi connectivity index (χ4v) is 4.48. The van der Waals surface area contributed by atoms with Crippen molar-refractivity contribution in [1.29, 1.82) is 0 Å². The molecule has 0 radical (unpaired) electrons. The molecule has 0 aliphatic heterocycles. The Balaban J connectivity index is 2.30. The lowest BCUT2D eigenvalue weighted by Gasteiger charge is -2.16. The maximum Gasteiger partial charge on any atom is 0.121 e. The van der Waals surface area contributed by atoms with Crippen LogP contribution in [0.4, 0.5) is 0 Å². The lowest BCUT2D eigenvalue weighted by atomic mass is 9.92. The van der Waals surface area contributed by atoms with Crippen LogP contribution in [0, 0.1) is 0 Å². The van der Waals surface area contributed by atoms with Gasteiger partial charge in [-0.1, -0.05) is 77.6 Å². The number of benzene rings is 2. The van der Waals surface area contributed by atoms with Gasteiger partial charge in [-0.2, -0.15) is 0 Å². The van der Waals surface area contributed by atoms with E-state index in [1.54, 1.807) is 0 Å². The van der Waals surface area contributed by atoms with Crippen molar-refractivity contribution in [1.82, 2.24) is 0 Å². The average Bonchev–Trinajstić information content (AvgIpc) is 2.80. The van der Waals surface area contributed by atoms with Crippen molar-refractivity contribution < 1.29 is 10.2 Å². The molecule has 0 aromatic heterocycles. The van der Waals surface area contributed by atoms with Crippen molar-refractivity contribution >= 4 is 0 Å². The standard InChI is InChI=1S/C30H46O2/c1-5-9-13-23-19-25(15-11-7-3)29(31)27(21-23)17-18-28-22-24(14-10-6-2)20-26(30(28)32)16-12-8-4/h19-22,31-32H,5-18H2,1-4H3.